The number of hydrogen-bond donors (Lipinski definition) is 0. The fourth-order valence-electron chi connectivity index (χ4n) is 1.30. The van der Waals surface area contributed by atoms with Gasteiger partial charge in [-0.2, -0.15) is 23.6 Å². The van der Waals surface area contributed by atoms with E-state index in [1.807, 2.05) is 11.8 Å². The molecular formula is C11H18O6P2S3-6. The van der Waals surface area contributed by atoms with Crippen LogP contribution in [0.1, 0.15) is 26.8 Å². The van der Waals surface area contributed by atoms with E-state index in [9.17, 15) is 0 Å². The van der Waals surface area contributed by atoms with Gasteiger partial charge in [0.05, 0.1) is 0 Å². The monoisotopic (exact) mass is 404 g/mol. The quantitative estimate of drug-likeness (QED) is 0.477. The van der Waals surface area contributed by atoms with Crippen LogP contribution in [-0.2, 0) is 30.0 Å². The minimum absolute atomic E-state index is 0. The van der Waals surface area contributed by atoms with Gasteiger partial charge in [-0.25, -0.2) is 0 Å². The number of thioether (sulfide) groups is 1. The summed E-state index contributed by atoms with van der Waals surface area (Å²) in [5, 5.41) is 0. The molecule has 0 radical (unpaired) electrons. The minimum Gasteiger partial charge on any atom is -0.844 e. The van der Waals surface area contributed by atoms with E-state index < -0.39 is 13.4 Å². The Balaban J connectivity index is -0.000000264. The highest BCUT2D eigenvalue weighted by Crippen LogP contribution is 2.28. The van der Waals surface area contributed by atoms with Crippen molar-refractivity contribution in [3.05, 3.63) is 29.8 Å². The fraction of sp³-hybridized carbons (Fsp3) is 0.455. The molecule has 0 saturated heterocycles. The lowest BCUT2D eigenvalue weighted by Crippen LogP contribution is -2.23. The Hall–Kier alpha value is 0.630. The molecule has 0 amide bonds. The van der Waals surface area contributed by atoms with Gasteiger partial charge in [-0.1, -0.05) is 33.1 Å². The minimum atomic E-state index is -4.56. The Morgan fingerprint density at radius 3 is 1.68 bits per heavy atom. The van der Waals surface area contributed by atoms with Crippen molar-refractivity contribution >= 4 is 48.8 Å². The second-order valence-electron chi connectivity index (χ2n) is 3.45. The predicted octanol–water partition coefficient (Wildman–Crippen LogP) is -1.42. The van der Waals surface area contributed by atoms with Gasteiger partial charge in [-0.05, 0) is 30.2 Å². The molecule has 0 spiro atoms. The van der Waals surface area contributed by atoms with Crippen LogP contribution in [0, 0.1) is 0 Å². The summed E-state index contributed by atoms with van der Waals surface area (Å²) in [7, 11) is 0. The van der Waals surface area contributed by atoms with Crippen molar-refractivity contribution in [1.29, 1.82) is 0 Å². The molecule has 11 heteroatoms. The van der Waals surface area contributed by atoms with E-state index in [0.717, 1.165) is 0 Å². The number of aryl methyl sites for hydroxylation is 1. The maximum atomic E-state index is 8.92. The number of benzene rings is 1. The van der Waals surface area contributed by atoms with Gasteiger partial charge >= 0.3 is 0 Å². The topological polar surface area (TPSA) is 138 Å². The number of rotatable bonds is 0. The lowest BCUT2D eigenvalue weighted by Gasteiger charge is -2.43. The first-order valence-electron chi connectivity index (χ1n) is 5.13. The van der Waals surface area contributed by atoms with Crippen molar-refractivity contribution in [2.45, 2.75) is 32.6 Å². The smallest absolute Gasteiger partial charge is 0.0104 e. The van der Waals surface area contributed by atoms with Gasteiger partial charge in [0.15, 0.2) is 0 Å². The lowest BCUT2D eigenvalue weighted by atomic mass is 10.1. The van der Waals surface area contributed by atoms with Gasteiger partial charge < -0.3 is 42.8 Å². The molecule has 22 heavy (non-hydrogen) atoms. The Morgan fingerprint density at radius 2 is 1.27 bits per heavy atom. The lowest BCUT2D eigenvalue weighted by molar-refractivity contribution is -0.413. The molecule has 6 nitrogen and oxygen atoms in total. The van der Waals surface area contributed by atoms with Gasteiger partial charge in [0.25, 0.3) is 0 Å². The summed E-state index contributed by atoms with van der Waals surface area (Å²) in [6.07, 6.45) is 2.63. The molecule has 0 aromatic heterocycles. The second-order valence-corrected chi connectivity index (χ2v) is 9.06. The van der Waals surface area contributed by atoms with Gasteiger partial charge in [0.2, 0.25) is 0 Å². The third-order valence-corrected chi connectivity index (χ3v) is 3.02. The maximum Gasteiger partial charge on any atom is 0.0104 e. The summed E-state index contributed by atoms with van der Waals surface area (Å²) in [4.78, 5) is 55.0. The zero-order valence-corrected chi connectivity index (χ0v) is 14.2. The SMILES string of the molecule is C.C.[O-]P([O-])([O-])=S.[O-]P([O-])([O-])=S.c1ccc2c(c1)CCCS2. The molecule has 1 aromatic rings. The first kappa shape index (κ1) is 27.5. The van der Waals surface area contributed by atoms with E-state index in [1.54, 1.807) is 5.56 Å². The fourth-order valence-corrected chi connectivity index (χ4v) is 2.33. The van der Waals surface area contributed by atoms with Gasteiger partial charge in [0, 0.05) is 4.90 Å². The van der Waals surface area contributed by atoms with Crippen LogP contribution in [0.3, 0.4) is 0 Å². The van der Waals surface area contributed by atoms with Crippen molar-refractivity contribution in [2.75, 3.05) is 5.75 Å². The van der Waals surface area contributed by atoms with Crippen LogP contribution >= 0.6 is 25.2 Å². The van der Waals surface area contributed by atoms with Gasteiger partial charge in [0.1, 0.15) is 0 Å². The van der Waals surface area contributed by atoms with Gasteiger partial charge in [-0.3, -0.25) is 0 Å². The van der Waals surface area contributed by atoms with Crippen molar-refractivity contribution in [2.24, 2.45) is 0 Å². The third kappa shape index (κ3) is 22.9. The van der Waals surface area contributed by atoms with Crippen molar-refractivity contribution in [3.63, 3.8) is 0 Å². The molecule has 0 saturated carbocycles. The summed E-state index contributed by atoms with van der Waals surface area (Å²) >= 11 is 8.53. The zero-order chi connectivity index (χ0) is 15.8. The van der Waals surface area contributed by atoms with Crippen LogP contribution in [0.15, 0.2) is 29.2 Å². The molecule has 0 atom stereocenters. The van der Waals surface area contributed by atoms with Gasteiger partial charge in [-0.15, -0.1) is 11.8 Å². The molecule has 0 unspecified atom stereocenters. The van der Waals surface area contributed by atoms with E-state index in [2.05, 4.69) is 47.9 Å². The molecule has 0 aliphatic carbocycles. The molecular weight excluding hydrogens is 386 g/mol. The average molecular weight is 404 g/mol. The van der Waals surface area contributed by atoms with Crippen molar-refractivity contribution in [1.82, 2.24) is 0 Å². The predicted molar refractivity (Wildman–Crippen MR) is 87.5 cm³/mol. The molecule has 1 aliphatic heterocycles. The van der Waals surface area contributed by atoms with E-state index in [-0.39, 0.29) is 14.9 Å². The summed E-state index contributed by atoms with van der Waals surface area (Å²) in [5.41, 5.74) is 1.54. The normalized spacial score (nSPS) is 12.8. The molecule has 1 aromatic carbocycles. The Labute approximate surface area is 146 Å². The van der Waals surface area contributed by atoms with E-state index in [0.29, 0.717) is 0 Å². The largest absolute Gasteiger partial charge is 0.844 e. The summed E-state index contributed by atoms with van der Waals surface area (Å²) in [6.45, 7) is -9.11. The van der Waals surface area contributed by atoms with Crippen molar-refractivity contribution < 1.29 is 29.4 Å². The number of hydrogen-bond acceptors (Lipinski definition) is 9. The molecule has 0 bridgehead atoms. The van der Waals surface area contributed by atoms with E-state index >= 15 is 0 Å². The average Bonchev–Trinajstić information content (AvgIpc) is 2.25. The Morgan fingerprint density at radius 1 is 0.864 bits per heavy atom. The van der Waals surface area contributed by atoms with Crippen LogP contribution in [0.25, 0.3) is 0 Å². The van der Waals surface area contributed by atoms with Crippen LogP contribution in [-0.4, -0.2) is 5.75 Å². The second kappa shape index (κ2) is 13.0. The molecule has 0 fully saturated rings. The van der Waals surface area contributed by atoms with Crippen LogP contribution in [0.5, 0.6) is 0 Å². The van der Waals surface area contributed by atoms with E-state index in [4.69, 9.17) is 29.4 Å². The highest BCUT2D eigenvalue weighted by molar-refractivity contribution is 8.04. The van der Waals surface area contributed by atoms with Crippen LogP contribution in [0.4, 0.5) is 0 Å². The molecule has 1 aliphatic rings. The molecule has 0 N–H and O–H groups in total. The molecule has 1 heterocycles. The maximum absolute atomic E-state index is 8.92. The van der Waals surface area contributed by atoms with E-state index in [1.165, 1.54) is 23.5 Å². The Kier molecular flexibility index (Phi) is 16.2. The molecule has 132 valence electrons. The summed E-state index contributed by atoms with van der Waals surface area (Å²) in [5.74, 6) is 1.30. The zero-order valence-electron chi connectivity index (χ0n) is 10.00. The Bertz CT molecular complexity index is 441. The van der Waals surface area contributed by atoms with Crippen LogP contribution < -0.4 is 29.4 Å². The highest BCUT2D eigenvalue weighted by atomic mass is 32.5. The first-order valence-corrected chi connectivity index (χ1v) is 11.2. The summed E-state index contributed by atoms with van der Waals surface area (Å²) in [6, 6.07) is 8.71. The standard InChI is InChI=1S/C9H10S.2CH4.2H3O3PS/c1-2-6-9-8(4-1)5-3-7-10-9;;;2*1-4(2,3)5/h1-2,4,6H,3,5,7H2;2*1H4;2*(H3,1,2,3,5)/p-6. The van der Waals surface area contributed by atoms with Crippen molar-refractivity contribution in [3.8, 4) is 0 Å². The third-order valence-electron chi connectivity index (χ3n) is 1.82. The first-order chi connectivity index (χ1) is 8.97. The van der Waals surface area contributed by atoms with Crippen LogP contribution in [0.2, 0.25) is 0 Å². The highest BCUT2D eigenvalue weighted by Gasteiger charge is 2.06. The molecule has 2 rings (SSSR count). The summed E-state index contributed by atoms with van der Waals surface area (Å²) < 4.78 is 0. The number of fused-ring (bicyclic) bond motifs is 1.